The summed E-state index contributed by atoms with van der Waals surface area (Å²) >= 11 is 0. The van der Waals surface area contributed by atoms with Crippen LogP contribution in [-0.2, 0) is 4.79 Å². The molecule has 4 heteroatoms. The second kappa shape index (κ2) is 8.27. The molecule has 4 nitrogen and oxygen atoms in total. The second-order valence-corrected chi connectivity index (χ2v) is 5.35. The average Bonchev–Trinajstić information content (AvgIpc) is 2.23. The van der Waals surface area contributed by atoms with E-state index in [2.05, 4.69) is 13.0 Å². The summed E-state index contributed by atoms with van der Waals surface area (Å²) < 4.78 is 0.252. The number of rotatable bonds is 9. The molecule has 0 aliphatic carbocycles. The van der Waals surface area contributed by atoms with E-state index in [1.807, 2.05) is 27.1 Å². The van der Waals surface area contributed by atoms with Crippen molar-refractivity contribution in [2.24, 2.45) is 0 Å². The Morgan fingerprint density at radius 2 is 1.94 bits per heavy atom. The molecule has 0 spiro atoms. The molecule has 0 fully saturated rings. The van der Waals surface area contributed by atoms with Gasteiger partial charge in [0.1, 0.15) is 18.7 Å². The van der Waals surface area contributed by atoms with Crippen LogP contribution in [0.2, 0.25) is 0 Å². The van der Waals surface area contributed by atoms with E-state index in [1.165, 1.54) is 0 Å². The smallest absolute Gasteiger partial charge is 0.129 e. The molecule has 0 aromatic carbocycles. The molecule has 0 aliphatic rings. The summed E-state index contributed by atoms with van der Waals surface area (Å²) in [5.74, 6) is -1.05. The molecule has 0 aromatic heterocycles. The molecule has 0 rings (SSSR count). The molecule has 0 heterocycles. The predicted molar refractivity (Wildman–Crippen MR) is 70.7 cm³/mol. The number of hydrogen-bond donors (Lipinski definition) is 1. The van der Waals surface area contributed by atoms with Crippen molar-refractivity contribution in [1.29, 1.82) is 0 Å². The van der Waals surface area contributed by atoms with Gasteiger partial charge in [-0.2, -0.15) is 0 Å². The minimum atomic E-state index is -1.05. The zero-order valence-corrected chi connectivity index (χ0v) is 12.1. The third-order valence-corrected chi connectivity index (χ3v) is 3.21. The molecule has 0 amide bonds. The van der Waals surface area contributed by atoms with Crippen LogP contribution in [0, 0.1) is 0 Å². The summed E-state index contributed by atoms with van der Waals surface area (Å²) in [5, 5.41) is 21.0. The monoisotopic (exact) mass is 257 g/mol. The molecule has 1 N–H and O–H groups in total. The lowest BCUT2D eigenvalue weighted by Gasteiger charge is -2.39. The van der Waals surface area contributed by atoms with Gasteiger partial charge >= 0.3 is 0 Å². The van der Waals surface area contributed by atoms with Crippen molar-refractivity contribution >= 4 is 5.97 Å². The lowest BCUT2D eigenvalue weighted by Crippen LogP contribution is -2.59. The summed E-state index contributed by atoms with van der Waals surface area (Å²) in [4.78, 5) is 11.0. The first kappa shape index (κ1) is 17.1. The zero-order valence-electron chi connectivity index (χ0n) is 12.1. The number of likely N-dealkylation sites (N-methyl/N-ethyl adjacent to an activating group) is 1. The maximum Gasteiger partial charge on any atom is 0.129 e. The Bertz CT molecular complexity index is 274. The topological polar surface area (TPSA) is 60.4 Å². The van der Waals surface area contributed by atoms with Crippen LogP contribution in [0.25, 0.3) is 0 Å². The Balaban J connectivity index is 4.33. The van der Waals surface area contributed by atoms with E-state index in [0.29, 0.717) is 19.4 Å². The molecular weight excluding hydrogens is 230 g/mol. The molecule has 0 bridgehead atoms. The van der Waals surface area contributed by atoms with E-state index in [9.17, 15) is 15.0 Å². The molecular formula is C14H27NO3. The van der Waals surface area contributed by atoms with Crippen molar-refractivity contribution in [2.45, 2.75) is 51.7 Å². The zero-order chi connectivity index (χ0) is 14.2. The Kier molecular flexibility index (Phi) is 7.87. The normalized spacial score (nSPS) is 15.8. The van der Waals surface area contributed by atoms with E-state index in [0.717, 1.165) is 12.8 Å². The van der Waals surface area contributed by atoms with Crippen molar-refractivity contribution in [3.63, 3.8) is 0 Å². The number of aliphatic carboxylic acids is 1. The summed E-state index contributed by atoms with van der Waals surface area (Å²) in [7, 11) is 3.64. The summed E-state index contributed by atoms with van der Waals surface area (Å²) in [6.07, 6.45) is 6.70. The van der Waals surface area contributed by atoms with E-state index >= 15 is 0 Å². The SMILES string of the molecule is CCC/C=C/CC(O)C[N+](C)(C)C(CC)C(=O)[O-]. The first-order chi connectivity index (χ1) is 8.35. The molecule has 2 atom stereocenters. The number of carbonyl (C=O) groups is 1. The van der Waals surface area contributed by atoms with E-state index in [4.69, 9.17) is 0 Å². The lowest BCUT2D eigenvalue weighted by atomic mass is 10.1. The van der Waals surface area contributed by atoms with Crippen LogP contribution in [0.3, 0.4) is 0 Å². The van der Waals surface area contributed by atoms with Crippen molar-refractivity contribution < 1.29 is 19.5 Å². The second-order valence-electron chi connectivity index (χ2n) is 5.35. The Hall–Kier alpha value is -0.870. The molecule has 0 aromatic rings. The number of unbranched alkanes of at least 4 members (excludes halogenated alkanes) is 1. The Morgan fingerprint density at radius 1 is 1.33 bits per heavy atom. The largest absolute Gasteiger partial charge is 0.544 e. The highest BCUT2D eigenvalue weighted by Gasteiger charge is 2.29. The van der Waals surface area contributed by atoms with Gasteiger partial charge in [-0.3, -0.25) is 0 Å². The number of allylic oxidation sites excluding steroid dienone is 1. The predicted octanol–water partition coefficient (Wildman–Crippen LogP) is 0.699. The average molecular weight is 257 g/mol. The highest BCUT2D eigenvalue weighted by molar-refractivity contribution is 5.69. The number of quaternary nitrogens is 1. The number of hydrogen-bond acceptors (Lipinski definition) is 3. The fraction of sp³-hybridized carbons (Fsp3) is 0.786. The fourth-order valence-corrected chi connectivity index (χ4v) is 2.23. The minimum Gasteiger partial charge on any atom is -0.544 e. The first-order valence-corrected chi connectivity index (χ1v) is 6.71. The van der Waals surface area contributed by atoms with Gasteiger partial charge in [-0.15, -0.1) is 0 Å². The van der Waals surface area contributed by atoms with E-state index < -0.39 is 18.1 Å². The summed E-state index contributed by atoms with van der Waals surface area (Å²) in [5.41, 5.74) is 0. The maximum absolute atomic E-state index is 11.0. The van der Waals surface area contributed by atoms with Crippen LogP contribution in [0.1, 0.15) is 39.5 Å². The Labute approximate surface area is 111 Å². The van der Waals surface area contributed by atoms with Gasteiger partial charge in [-0.1, -0.05) is 32.4 Å². The molecule has 106 valence electrons. The number of carboxylic acid groups (broad SMARTS) is 1. The molecule has 18 heavy (non-hydrogen) atoms. The summed E-state index contributed by atoms with van der Waals surface area (Å²) in [6.45, 7) is 4.35. The number of nitrogens with zero attached hydrogens (tertiary/aromatic N) is 1. The van der Waals surface area contributed by atoms with Crippen molar-refractivity contribution in [1.82, 2.24) is 0 Å². The third-order valence-electron chi connectivity index (χ3n) is 3.21. The van der Waals surface area contributed by atoms with Crippen LogP contribution in [0.4, 0.5) is 0 Å². The van der Waals surface area contributed by atoms with Gasteiger partial charge in [0.25, 0.3) is 0 Å². The molecule has 2 unspecified atom stereocenters. The number of carbonyl (C=O) groups excluding carboxylic acids is 1. The first-order valence-electron chi connectivity index (χ1n) is 6.71. The van der Waals surface area contributed by atoms with Gasteiger partial charge in [0.05, 0.1) is 20.1 Å². The van der Waals surface area contributed by atoms with Gasteiger partial charge in [0.15, 0.2) is 0 Å². The molecule has 0 saturated carbocycles. The van der Waals surface area contributed by atoms with Gasteiger partial charge in [-0.05, 0) is 12.8 Å². The minimum absolute atomic E-state index is 0.252. The van der Waals surface area contributed by atoms with Crippen LogP contribution in [0.15, 0.2) is 12.2 Å². The highest BCUT2D eigenvalue weighted by atomic mass is 16.4. The number of aliphatic hydroxyl groups excluding tert-OH is 1. The van der Waals surface area contributed by atoms with E-state index in [-0.39, 0.29) is 4.48 Å². The highest BCUT2D eigenvalue weighted by Crippen LogP contribution is 2.13. The van der Waals surface area contributed by atoms with E-state index in [1.54, 1.807) is 0 Å². The van der Waals surface area contributed by atoms with Crippen LogP contribution < -0.4 is 5.11 Å². The van der Waals surface area contributed by atoms with Crippen molar-refractivity contribution in [3.05, 3.63) is 12.2 Å². The lowest BCUT2D eigenvalue weighted by molar-refractivity contribution is -0.911. The quantitative estimate of drug-likeness (QED) is 0.488. The third kappa shape index (κ3) is 6.17. The van der Waals surface area contributed by atoms with Gasteiger partial charge in [0, 0.05) is 6.42 Å². The standard InChI is InChI=1S/C14H27NO3/c1-5-7-8-9-10-12(16)11-15(3,4)13(6-2)14(17)18/h8-9,12-13,16H,5-7,10-11H2,1-4H3/b9-8+. The van der Waals surface area contributed by atoms with Gasteiger partial charge in [0.2, 0.25) is 0 Å². The maximum atomic E-state index is 11.0. The van der Waals surface area contributed by atoms with Crippen LogP contribution >= 0.6 is 0 Å². The fourth-order valence-electron chi connectivity index (χ4n) is 2.23. The molecule has 0 saturated heterocycles. The van der Waals surface area contributed by atoms with Gasteiger partial charge < -0.3 is 19.5 Å². The van der Waals surface area contributed by atoms with Crippen LogP contribution in [0.5, 0.6) is 0 Å². The number of aliphatic hydroxyl groups is 1. The van der Waals surface area contributed by atoms with Crippen molar-refractivity contribution in [3.8, 4) is 0 Å². The van der Waals surface area contributed by atoms with Crippen LogP contribution in [-0.4, -0.2) is 48.3 Å². The van der Waals surface area contributed by atoms with Gasteiger partial charge in [-0.25, -0.2) is 0 Å². The van der Waals surface area contributed by atoms with Crippen molar-refractivity contribution in [2.75, 3.05) is 20.6 Å². The molecule has 0 aliphatic heterocycles. The molecule has 0 radical (unpaired) electrons. The summed E-state index contributed by atoms with van der Waals surface area (Å²) in [6, 6.07) is -0.570. The number of carboxylic acids is 1. The Morgan fingerprint density at radius 3 is 2.39 bits per heavy atom.